The van der Waals surface area contributed by atoms with Crippen LogP contribution in [0.2, 0.25) is 0 Å². The fraction of sp³-hybridized carbons (Fsp3) is 0.381. The summed E-state index contributed by atoms with van der Waals surface area (Å²) in [7, 11) is 0. The van der Waals surface area contributed by atoms with Crippen molar-refractivity contribution in [2.75, 3.05) is 31.8 Å². The van der Waals surface area contributed by atoms with E-state index in [-0.39, 0.29) is 30.0 Å². The maximum atomic E-state index is 13.0. The van der Waals surface area contributed by atoms with Gasteiger partial charge in [0, 0.05) is 31.4 Å². The number of rotatable bonds is 4. The number of nitrogens with one attached hydrogen (secondary N) is 2. The second-order valence-corrected chi connectivity index (χ2v) is 7.67. The molecule has 12 nitrogen and oxygen atoms in total. The molecule has 1 aromatic carbocycles. The first-order valence-corrected chi connectivity index (χ1v) is 10.6. The summed E-state index contributed by atoms with van der Waals surface area (Å²) in [4.78, 5) is 50.5. The van der Waals surface area contributed by atoms with Gasteiger partial charge in [0.05, 0.1) is 12.3 Å². The molecule has 1 saturated heterocycles. The molecule has 0 bridgehead atoms. The van der Waals surface area contributed by atoms with E-state index in [1.165, 1.54) is 6.20 Å². The number of piperidine rings is 1. The molecular weight excluding hydrogens is 432 g/mol. The number of ether oxygens (including phenoxy) is 3. The van der Waals surface area contributed by atoms with Crippen molar-refractivity contribution in [2.24, 2.45) is 0 Å². The Morgan fingerprint density at radius 1 is 1.24 bits per heavy atom. The second-order valence-electron chi connectivity index (χ2n) is 7.67. The molecular formula is C21H22N6O6. The zero-order valence-corrected chi connectivity index (χ0v) is 17.9. The van der Waals surface area contributed by atoms with Crippen molar-refractivity contribution >= 4 is 23.1 Å². The molecule has 2 N–H and O–H groups in total. The molecule has 0 aliphatic carbocycles. The van der Waals surface area contributed by atoms with Crippen molar-refractivity contribution in [1.29, 1.82) is 0 Å². The lowest BCUT2D eigenvalue weighted by Gasteiger charge is -2.31. The molecule has 2 aromatic heterocycles. The van der Waals surface area contributed by atoms with Crippen LogP contribution in [0.25, 0.3) is 16.7 Å². The molecule has 0 radical (unpaired) electrons. The van der Waals surface area contributed by atoms with Crippen LogP contribution < -0.4 is 26.0 Å². The number of hydrogen-bond donors (Lipinski definition) is 2. The maximum absolute atomic E-state index is 13.0. The van der Waals surface area contributed by atoms with Gasteiger partial charge in [-0.2, -0.15) is 4.98 Å². The van der Waals surface area contributed by atoms with Gasteiger partial charge in [0.2, 0.25) is 12.7 Å². The van der Waals surface area contributed by atoms with Gasteiger partial charge in [0.1, 0.15) is 5.39 Å². The number of carbonyl (C=O) groups is 1. The highest BCUT2D eigenvalue weighted by Crippen LogP contribution is 2.33. The van der Waals surface area contributed by atoms with E-state index in [1.807, 2.05) is 0 Å². The Hall–Kier alpha value is -4.09. The van der Waals surface area contributed by atoms with Crippen molar-refractivity contribution < 1.29 is 19.0 Å². The molecule has 4 heterocycles. The van der Waals surface area contributed by atoms with Gasteiger partial charge in [0.25, 0.3) is 5.56 Å². The number of amides is 1. The predicted octanol–water partition coefficient (Wildman–Crippen LogP) is 1.23. The van der Waals surface area contributed by atoms with Gasteiger partial charge >= 0.3 is 11.8 Å². The number of nitrogens with zero attached hydrogens (tertiary/aromatic N) is 4. The van der Waals surface area contributed by atoms with Crippen molar-refractivity contribution in [3.05, 3.63) is 45.2 Å². The molecule has 3 aromatic rings. The van der Waals surface area contributed by atoms with Crippen LogP contribution in [-0.2, 0) is 4.74 Å². The van der Waals surface area contributed by atoms with Gasteiger partial charge in [0.15, 0.2) is 17.1 Å². The van der Waals surface area contributed by atoms with Gasteiger partial charge in [-0.3, -0.25) is 9.78 Å². The number of benzene rings is 1. The normalized spacial score (nSPS) is 15.6. The monoisotopic (exact) mass is 454 g/mol. The third-order valence-corrected chi connectivity index (χ3v) is 5.62. The lowest BCUT2D eigenvalue weighted by molar-refractivity contribution is 0.0983. The van der Waals surface area contributed by atoms with Crippen molar-refractivity contribution in [1.82, 2.24) is 24.4 Å². The zero-order chi connectivity index (χ0) is 22.9. The summed E-state index contributed by atoms with van der Waals surface area (Å²) in [6, 6.07) is 4.87. The molecule has 2 aliphatic heterocycles. The van der Waals surface area contributed by atoms with Gasteiger partial charge in [-0.15, -0.1) is 0 Å². The Bertz CT molecular complexity index is 1330. The van der Waals surface area contributed by atoms with Crippen molar-refractivity contribution in [3.63, 3.8) is 0 Å². The number of likely N-dealkylation sites (tertiary alicyclic amines) is 1. The average Bonchev–Trinajstić information content (AvgIpc) is 3.28. The average molecular weight is 454 g/mol. The largest absolute Gasteiger partial charge is 0.454 e. The SMILES string of the molecule is CCOC(=O)N1CCC(Nc2ncc3c(=O)n(-c4ccc5c(c4)OCO5)c(=O)[nH]c3n2)CC1. The van der Waals surface area contributed by atoms with E-state index in [4.69, 9.17) is 14.2 Å². The number of aromatic nitrogens is 4. The first kappa shape index (κ1) is 20.8. The summed E-state index contributed by atoms with van der Waals surface area (Å²) >= 11 is 0. The van der Waals surface area contributed by atoms with E-state index in [0.717, 1.165) is 4.57 Å². The maximum Gasteiger partial charge on any atom is 0.409 e. The standard InChI is InChI=1S/C21H22N6O6/c1-2-31-21(30)26-7-5-12(6-8-26)23-19-22-10-14-17(24-19)25-20(29)27(18(14)28)13-3-4-15-16(9-13)33-11-32-15/h3-4,9-10,12H,2,5-8,11H2,1H3,(H2,22,23,24,25,29). The van der Waals surface area contributed by atoms with Gasteiger partial charge < -0.3 is 24.4 Å². The van der Waals surface area contributed by atoms with Crippen LogP contribution in [0.3, 0.4) is 0 Å². The second kappa shape index (κ2) is 8.45. The van der Waals surface area contributed by atoms with E-state index >= 15 is 0 Å². The third-order valence-electron chi connectivity index (χ3n) is 5.62. The Morgan fingerprint density at radius 3 is 2.82 bits per heavy atom. The number of anilines is 1. The zero-order valence-electron chi connectivity index (χ0n) is 17.9. The highest BCUT2D eigenvalue weighted by molar-refractivity contribution is 5.73. The van der Waals surface area contributed by atoms with Crippen LogP contribution in [-0.4, -0.2) is 63.0 Å². The van der Waals surface area contributed by atoms with Crippen molar-refractivity contribution in [3.8, 4) is 17.2 Å². The molecule has 2 aliphatic rings. The summed E-state index contributed by atoms with van der Waals surface area (Å²) in [6.07, 6.45) is 2.47. The Balaban J connectivity index is 1.36. The Morgan fingerprint density at radius 2 is 2.03 bits per heavy atom. The fourth-order valence-corrected chi connectivity index (χ4v) is 3.94. The minimum Gasteiger partial charge on any atom is -0.454 e. The molecule has 172 valence electrons. The molecule has 0 saturated carbocycles. The van der Waals surface area contributed by atoms with E-state index in [1.54, 1.807) is 30.0 Å². The predicted molar refractivity (Wildman–Crippen MR) is 117 cm³/mol. The van der Waals surface area contributed by atoms with Crippen LogP contribution >= 0.6 is 0 Å². The summed E-state index contributed by atoms with van der Waals surface area (Å²) in [5.74, 6) is 1.31. The lowest BCUT2D eigenvalue weighted by atomic mass is 10.1. The van der Waals surface area contributed by atoms with E-state index in [0.29, 0.717) is 55.7 Å². The van der Waals surface area contributed by atoms with Crippen LogP contribution in [0.4, 0.5) is 10.7 Å². The lowest BCUT2D eigenvalue weighted by Crippen LogP contribution is -2.42. The summed E-state index contributed by atoms with van der Waals surface area (Å²) in [5, 5.41) is 3.39. The molecule has 12 heteroatoms. The number of aromatic amines is 1. The summed E-state index contributed by atoms with van der Waals surface area (Å²) in [5.41, 5.74) is -0.674. The van der Waals surface area contributed by atoms with Gasteiger partial charge in [-0.05, 0) is 31.9 Å². The minimum atomic E-state index is -0.626. The van der Waals surface area contributed by atoms with Crippen LogP contribution in [0.15, 0.2) is 34.0 Å². The van der Waals surface area contributed by atoms with Gasteiger partial charge in [-0.1, -0.05) is 0 Å². The van der Waals surface area contributed by atoms with Crippen LogP contribution in [0, 0.1) is 0 Å². The fourth-order valence-electron chi connectivity index (χ4n) is 3.94. The number of hydrogen-bond acceptors (Lipinski definition) is 9. The van der Waals surface area contributed by atoms with Crippen LogP contribution in [0.5, 0.6) is 11.5 Å². The number of H-pyrrole nitrogens is 1. The molecule has 1 amide bonds. The highest BCUT2D eigenvalue weighted by atomic mass is 16.7. The summed E-state index contributed by atoms with van der Waals surface area (Å²) in [6.45, 7) is 3.32. The molecule has 5 rings (SSSR count). The third kappa shape index (κ3) is 3.95. The smallest absolute Gasteiger partial charge is 0.409 e. The first-order valence-electron chi connectivity index (χ1n) is 10.6. The van der Waals surface area contributed by atoms with E-state index in [2.05, 4.69) is 20.3 Å². The molecule has 0 unspecified atom stereocenters. The van der Waals surface area contributed by atoms with Crippen molar-refractivity contribution in [2.45, 2.75) is 25.8 Å². The van der Waals surface area contributed by atoms with Gasteiger partial charge in [-0.25, -0.2) is 19.1 Å². The quantitative estimate of drug-likeness (QED) is 0.595. The number of fused-ring (bicyclic) bond motifs is 2. The molecule has 0 atom stereocenters. The molecule has 33 heavy (non-hydrogen) atoms. The van der Waals surface area contributed by atoms with Crippen LogP contribution in [0.1, 0.15) is 19.8 Å². The van der Waals surface area contributed by atoms with E-state index in [9.17, 15) is 14.4 Å². The topological polar surface area (TPSA) is 141 Å². The Labute approximate surface area is 187 Å². The number of carbonyl (C=O) groups excluding carboxylic acids is 1. The summed E-state index contributed by atoms with van der Waals surface area (Å²) < 4.78 is 16.6. The van der Waals surface area contributed by atoms with E-state index < -0.39 is 11.2 Å². The Kier molecular flexibility index (Phi) is 5.32. The molecule has 1 fully saturated rings. The molecule has 0 spiro atoms. The minimum absolute atomic E-state index is 0.0499. The highest BCUT2D eigenvalue weighted by Gasteiger charge is 2.24. The first-order chi connectivity index (χ1) is 16.0.